The Hall–Kier alpha value is -3.80. The van der Waals surface area contributed by atoms with Gasteiger partial charge >= 0.3 is 12.1 Å². The summed E-state index contributed by atoms with van der Waals surface area (Å²) in [6, 6.07) is 6.83. The lowest BCUT2D eigenvalue weighted by Crippen LogP contribution is -2.40. The summed E-state index contributed by atoms with van der Waals surface area (Å²) in [5.41, 5.74) is 2.03. The Labute approximate surface area is 251 Å². The number of halogens is 5. The first-order chi connectivity index (χ1) is 21.0. The molecule has 234 valence electrons. The molecule has 0 spiro atoms. The zero-order valence-corrected chi connectivity index (χ0v) is 24.7. The molecular weight excluding hydrogens is 581 g/mol. The minimum Gasteiger partial charge on any atom is -0.464 e. The van der Waals surface area contributed by atoms with Gasteiger partial charge in [-0.05, 0) is 61.7 Å². The predicted molar refractivity (Wildman–Crippen MR) is 155 cm³/mol. The summed E-state index contributed by atoms with van der Waals surface area (Å²) in [7, 11) is 0. The predicted octanol–water partition coefficient (Wildman–Crippen LogP) is 6.42. The first-order valence-corrected chi connectivity index (χ1v) is 14.9. The van der Waals surface area contributed by atoms with Crippen molar-refractivity contribution in [2.75, 3.05) is 26.2 Å². The van der Waals surface area contributed by atoms with Crippen LogP contribution in [-0.2, 0) is 28.7 Å². The van der Waals surface area contributed by atoms with E-state index >= 15 is 0 Å². The van der Waals surface area contributed by atoms with Crippen molar-refractivity contribution in [2.45, 2.75) is 70.6 Å². The average molecular weight is 616 g/mol. The van der Waals surface area contributed by atoms with Crippen LogP contribution in [0.3, 0.4) is 0 Å². The number of esters is 1. The van der Waals surface area contributed by atoms with Gasteiger partial charge < -0.3 is 14.2 Å². The Bertz CT molecular complexity index is 1680. The van der Waals surface area contributed by atoms with Crippen LogP contribution in [0.4, 0.5) is 22.0 Å². The standard InChI is InChI=1S/C32H34F5N5O2/c1-4-40-11-10-22(26(34)16-40)19-6-8-20(9-7-19)23-13-25(32(35,36)37)24-15-42(39-28(24)18(23)3)30(31(43)44-5-2)29-27-12-21(33)14-41(27)17-38-29/h6-9,13,15,17,21-22,26,30H,4-5,10-12,14,16H2,1-3H3/t21?,22-,26+,30?/m1/s1. The van der Waals surface area contributed by atoms with Gasteiger partial charge in [-0.3, -0.25) is 4.68 Å². The van der Waals surface area contributed by atoms with Crippen molar-refractivity contribution in [3.8, 4) is 11.1 Å². The number of likely N-dealkylation sites (tertiary alicyclic amines) is 1. The third-order valence-corrected chi connectivity index (χ3v) is 8.92. The molecule has 12 heteroatoms. The summed E-state index contributed by atoms with van der Waals surface area (Å²) < 4.78 is 80.7. The molecule has 4 heterocycles. The van der Waals surface area contributed by atoms with Crippen molar-refractivity contribution in [2.24, 2.45) is 0 Å². The van der Waals surface area contributed by atoms with Crippen molar-refractivity contribution in [1.29, 1.82) is 0 Å². The van der Waals surface area contributed by atoms with Gasteiger partial charge in [0.25, 0.3) is 0 Å². The molecule has 0 amide bonds. The number of hydrogen-bond acceptors (Lipinski definition) is 5. The van der Waals surface area contributed by atoms with E-state index in [1.165, 1.54) is 12.5 Å². The maximum atomic E-state index is 14.9. The number of piperidine rings is 1. The van der Waals surface area contributed by atoms with Gasteiger partial charge in [-0.1, -0.05) is 31.2 Å². The molecule has 2 aromatic heterocycles. The summed E-state index contributed by atoms with van der Waals surface area (Å²) in [6.45, 7) is 7.36. The van der Waals surface area contributed by atoms with Crippen molar-refractivity contribution in [1.82, 2.24) is 24.2 Å². The highest BCUT2D eigenvalue weighted by molar-refractivity contribution is 5.92. The summed E-state index contributed by atoms with van der Waals surface area (Å²) in [5.74, 6) is -1.02. The molecule has 0 radical (unpaired) electrons. The lowest BCUT2D eigenvalue weighted by molar-refractivity contribution is -0.146. The molecule has 0 bridgehead atoms. The van der Waals surface area contributed by atoms with Crippen molar-refractivity contribution in [3.05, 3.63) is 70.9 Å². The fourth-order valence-corrected chi connectivity index (χ4v) is 6.62. The van der Waals surface area contributed by atoms with Gasteiger partial charge in [0.1, 0.15) is 12.3 Å². The van der Waals surface area contributed by atoms with Crippen molar-refractivity contribution >= 4 is 16.9 Å². The normalized spacial score (nSPS) is 21.5. The molecule has 0 aliphatic carbocycles. The minimum absolute atomic E-state index is 0.0276. The van der Waals surface area contributed by atoms with Crippen LogP contribution in [0.5, 0.6) is 0 Å². The topological polar surface area (TPSA) is 65.2 Å². The second kappa shape index (κ2) is 11.6. The van der Waals surface area contributed by atoms with E-state index in [0.717, 1.165) is 29.4 Å². The van der Waals surface area contributed by atoms with Gasteiger partial charge in [0.05, 0.1) is 36.3 Å². The molecule has 0 saturated carbocycles. The number of hydrogen-bond donors (Lipinski definition) is 0. The number of aryl methyl sites for hydroxylation is 1. The molecule has 44 heavy (non-hydrogen) atoms. The number of alkyl halides is 5. The molecule has 7 nitrogen and oxygen atoms in total. The molecule has 2 unspecified atom stereocenters. The van der Waals surface area contributed by atoms with Crippen LogP contribution in [0.15, 0.2) is 42.9 Å². The van der Waals surface area contributed by atoms with E-state index < -0.39 is 36.1 Å². The molecule has 1 saturated heterocycles. The van der Waals surface area contributed by atoms with E-state index in [2.05, 4.69) is 15.0 Å². The maximum Gasteiger partial charge on any atom is 0.417 e. The van der Waals surface area contributed by atoms with Gasteiger partial charge in [0, 0.05) is 36.2 Å². The van der Waals surface area contributed by atoms with Crippen molar-refractivity contribution in [3.63, 3.8) is 0 Å². The second-order valence-electron chi connectivity index (χ2n) is 11.6. The van der Waals surface area contributed by atoms with Gasteiger partial charge in [-0.2, -0.15) is 18.3 Å². The lowest BCUT2D eigenvalue weighted by atomic mass is 9.86. The van der Waals surface area contributed by atoms with E-state index in [1.807, 2.05) is 6.92 Å². The average Bonchev–Trinajstić information content (AvgIpc) is 3.68. The summed E-state index contributed by atoms with van der Waals surface area (Å²) >= 11 is 0. The lowest BCUT2D eigenvalue weighted by Gasteiger charge is -2.34. The van der Waals surface area contributed by atoms with Gasteiger partial charge in [-0.15, -0.1) is 0 Å². The molecule has 2 aliphatic rings. The fraction of sp³-hybridized carbons (Fsp3) is 0.469. The first kappa shape index (κ1) is 30.2. The smallest absolute Gasteiger partial charge is 0.417 e. The number of rotatable bonds is 7. The zero-order chi connectivity index (χ0) is 31.3. The van der Waals surface area contributed by atoms with E-state index in [4.69, 9.17) is 4.74 Å². The minimum atomic E-state index is -4.72. The quantitative estimate of drug-likeness (QED) is 0.177. The van der Waals surface area contributed by atoms with Crippen LogP contribution in [0.1, 0.15) is 60.3 Å². The Morgan fingerprint density at radius 3 is 2.55 bits per heavy atom. The summed E-state index contributed by atoms with van der Waals surface area (Å²) in [5, 5.41) is 4.34. The number of aromatic nitrogens is 4. The molecule has 6 rings (SSSR count). The number of carbonyl (C=O) groups excluding carboxylic acids is 1. The zero-order valence-electron chi connectivity index (χ0n) is 24.7. The van der Waals surface area contributed by atoms with Gasteiger partial charge in [0.2, 0.25) is 0 Å². The number of nitrogens with zero attached hydrogens (tertiary/aromatic N) is 5. The number of ether oxygens (including phenoxy) is 1. The van der Waals surface area contributed by atoms with Gasteiger partial charge in [0.15, 0.2) is 6.04 Å². The first-order valence-electron chi connectivity index (χ1n) is 14.9. The van der Waals surface area contributed by atoms with Crippen LogP contribution >= 0.6 is 0 Å². The Balaban J connectivity index is 1.43. The molecule has 4 aromatic rings. The summed E-state index contributed by atoms with van der Waals surface area (Å²) in [6.07, 6.45) is -3.58. The largest absolute Gasteiger partial charge is 0.464 e. The Morgan fingerprint density at radius 2 is 1.89 bits per heavy atom. The molecule has 1 fully saturated rings. The number of fused-ring (bicyclic) bond motifs is 2. The Kier molecular flexibility index (Phi) is 7.98. The highest BCUT2D eigenvalue weighted by Gasteiger charge is 2.38. The molecule has 2 aromatic carbocycles. The van der Waals surface area contributed by atoms with Crippen LogP contribution in [0, 0.1) is 6.92 Å². The van der Waals surface area contributed by atoms with Crippen LogP contribution in [0.25, 0.3) is 22.0 Å². The van der Waals surface area contributed by atoms with E-state index in [-0.39, 0.29) is 42.1 Å². The number of benzene rings is 2. The van der Waals surface area contributed by atoms with E-state index in [9.17, 15) is 26.7 Å². The van der Waals surface area contributed by atoms with Gasteiger partial charge in [-0.25, -0.2) is 18.6 Å². The molecule has 2 aliphatic heterocycles. The van der Waals surface area contributed by atoms with Crippen LogP contribution in [-0.4, -0.2) is 68.8 Å². The van der Waals surface area contributed by atoms with E-state index in [1.54, 1.807) is 42.7 Å². The molecule has 4 atom stereocenters. The third-order valence-electron chi connectivity index (χ3n) is 8.92. The highest BCUT2D eigenvalue weighted by Crippen LogP contribution is 2.42. The SMILES string of the molecule is CCOC(=O)C(c1ncn2c1CC(F)C2)n1cc2c(C(F)(F)F)cc(-c3ccc([C@H]4CCN(CC)C[C@@H]4F)cc3)c(C)c2n1. The Morgan fingerprint density at radius 1 is 1.14 bits per heavy atom. The molecule has 0 N–H and O–H groups in total. The van der Waals surface area contributed by atoms with Crippen molar-refractivity contribution < 1.29 is 31.5 Å². The maximum absolute atomic E-state index is 14.9. The third kappa shape index (κ3) is 5.37. The van der Waals surface area contributed by atoms with Crippen LogP contribution < -0.4 is 0 Å². The highest BCUT2D eigenvalue weighted by atomic mass is 19.4. The van der Waals surface area contributed by atoms with E-state index in [0.29, 0.717) is 35.3 Å². The second-order valence-corrected chi connectivity index (χ2v) is 11.6. The molecular formula is C32H34F5N5O2. The van der Waals surface area contributed by atoms with Crippen LogP contribution in [0.2, 0.25) is 0 Å². The number of imidazole rings is 1. The summed E-state index contributed by atoms with van der Waals surface area (Å²) in [4.78, 5) is 19.6. The monoisotopic (exact) mass is 615 g/mol. The number of carbonyl (C=O) groups is 1. The fourth-order valence-electron chi connectivity index (χ4n) is 6.62.